The lowest BCUT2D eigenvalue weighted by molar-refractivity contribution is 0.132. The van der Waals surface area contributed by atoms with Crippen LogP contribution in [0.5, 0.6) is 0 Å². The van der Waals surface area contributed by atoms with E-state index in [-0.39, 0.29) is 5.92 Å². The predicted molar refractivity (Wildman–Crippen MR) is 89.3 cm³/mol. The molecule has 0 aromatic carbocycles. The molecule has 0 spiro atoms. The van der Waals surface area contributed by atoms with Gasteiger partial charge in [0.2, 0.25) is 0 Å². The third-order valence-electron chi connectivity index (χ3n) is 3.93. The van der Waals surface area contributed by atoms with Gasteiger partial charge in [-0.1, -0.05) is 22.9 Å². The molecule has 2 N–H and O–H groups in total. The van der Waals surface area contributed by atoms with Gasteiger partial charge in [0.05, 0.1) is 5.56 Å². The highest BCUT2D eigenvalue weighted by atomic mass is 35.5. The Morgan fingerprint density at radius 3 is 2.83 bits per heavy atom. The largest absolute Gasteiger partial charge is 0.465 e. The first-order valence-electron chi connectivity index (χ1n) is 7.23. The number of carboxylic acid groups (broad SMARTS) is 1. The summed E-state index contributed by atoms with van der Waals surface area (Å²) in [5.41, 5.74) is 1.72. The molecule has 9 heteroatoms. The zero-order valence-electron chi connectivity index (χ0n) is 12.5. The quantitative estimate of drug-likeness (QED) is 0.823. The number of nitrogens with one attached hydrogen (secondary N) is 1. The summed E-state index contributed by atoms with van der Waals surface area (Å²) in [5, 5.41) is 22.8. The van der Waals surface area contributed by atoms with Crippen molar-refractivity contribution in [3.8, 4) is 10.6 Å². The van der Waals surface area contributed by atoms with Crippen LogP contribution < -0.4 is 5.32 Å². The van der Waals surface area contributed by atoms with Crippen LogP contribution in [0.1, 0.15) is 23.8 Å². The number of hydrogen-bond acceptors (Lipinski definition) is 6. The second kappa shape index (κ2) is 6.67. The van der Waals surface area contributed by atoms with Crippen LogP contribution in [-0.2, 0) is 0 Å². The number of carbonyl (C=O) groups is 1. The summed E-state index contributed by atoms with van der Waals surface area (Å²) < 4.78 is 0. The van der Waals surface area contributed by atoms with Crippen molar-refractivity contribution < 1.29 is 9.90 Å². The number of anilines is 1. The van der Waals surface area contributed by atoms with E-state index in [0.717, 1.165) is 34.1 Å². The molecular formula is C14H16ClN5O2S. The fraction of sp³-hybridized carbons (Fsp3) is 0.429. The van der Waals surface area contributed by atoms with E-state index in [2.05, 4.69) is 20.5 Å². The minimum absolute atomic E-state index is 0.259. The van der Waals surface area contributed by atoms with Crippen molar-refractivity contribution in [1.29, 1.82) is 0 Å². The summed E-state index contributed by atoms with van der Waals surface area (Å²) in [4.78, 5) is 16.5. The van der Waals surface area contributed by atoms with Crippen molar-refractivity contribution in [2.24, 2.45) is 0 Å². The van der Waals surface area contributed by atoms with Crippen LogP contribution in [0.15, 0.2) is 12.3 Å². The number of pyridine rings is 1. The van der Waals surface area contributed by atoms with Crippen LogP contribution in [0, 0.1) is 0 Å². The molecule has 1 fully saturated rings. The lowest BCUT2D eigenvalue weighted by Gasteiger charge is -2.28. The molecule has 0 saturated carbocycles. The van der Waals surface area contributed by atoms with Crippen molar-refractivity contribution in [3.63, 3.8) is 0 Å². The maximum atomic E-state index is 11.0. The highest BCUT2D eigenvalue weighted by Gasteiger charge is 2.26. The minimum atomic E-state index is -0.854. The summed E-state index contributed by atoms with van der Waals surface area (Å²) in [5.74, 6) is 0.259. The molecule has 2 aromatic rings. The molecule has 7 nitrogen and oxygen atoms in total. The van der Waals surface area contributed by atoms with Crippen molar-refractivity contribution >= 4 is 34.7 Å². The third-order valence-corrected chi connectivity index (χ3v) is 5.25. The Morgan fingerprint density at radius 1 is 1.43 bits per heavy atom. The van der Waals surface area contributed by atoms with E-state index in [1.54, 1.807) is 12.3 Å². The molecule has 23 heavy (non-hydrogen) atoms. The van der Waals surface area contributed by atoms with Gasteiger partial charge in [-0.2, -0.15) is 0 Å². The topological polar surface area (TPSA) is 91.2 Å². The second-order valence-electron chi connectivity index (χ2n) is 5.29. The molecule has 122 valence electrons. The van der Waals surface area contributed by atoms with Gasteiger partial charge in [-0.05, 0) is 18.9 Å². The van der Waals surface area contributed by atoms with E-state index in [9.17, 15) is 4.79 Å². The Kier molecular flexibility index (Phi) is 4.63. The van der Waals surface area contributed by atoms with Gasteiger partial charge in [-0.25, -0.2) is 9.78 Å². The third kappa shape index (κ3) is 3.37. The van der Waals surface area contributed by atoms with Gasteiger partial charge < -0.3 is 15.3 Å². The molecule has 0 aliphatic carbocycles. The zero-order valence-corrected chi connectivity index (χ0v) is 14.1. The summed E-state index contributed by atoms with van der Waals surface area (Å²) in [6.45, 7) is 1.08. The summed E-state index contributed by atoms with van der Waals surface area (Å²) in [6.07, 6.45) is 2.38. The van der Waals surface area contributed by atoms with E-state index in [0.29, 0.717) is 18.2 Å². The molecule has 1 saturated heterocycles. The summed E-state index contributed by atoms with van der Waals surface area (Å²) in [6, 6.07) is 1.75. The number of piperidine rings is 1. The predicted octanol–water partition coefficient (Wildman–Crippen LogP) is 3.15. The fourth-order valence-electron chi connectivity index (χ4n) is 2.63. The van der Waals surface area contributed by atoms with E-state index in [1.165, 1.54) is 16.2 Å². The number of aromatic nitrogens is 3. The first-order chi connectivity index (χ1) is 11.1. The SMILES string of the molecule is CNc1cc(Cl)ncc1-c1nnc(C2CCN(C(=O)O)CC2)s1. The van der Waals surface area contributed by atoms with Crippen molar-refractivity contribution in [1.82, 2.24) is 20.1 Å². The Bertz CT molecular complexity index is 715. The van der Waals surface area contributed by atoms with Gasteiger partial charge in [-0.3, -0.25) is 0 Å². The molecular weight excluding hydrogens is 338 g/mol. The highest BCUT2D eigenvalue weighted by molar-refractivity contribution is 7.14. The van der Waals surface area contributed by atoms with Gasteiger partial charge in [0, 0.05) is 37.9 Å². The first kappa shape index (κ1) is 15.9. The normalized spacial score (nSPS) is 15.7. The van der Waals surface area contributed by atoms with Crippen molar-refractivity contribution in [3.05, 3.63) is 22.4 Å². The molecule has 3 rings (SSSR count). The lowest BCUT2D eigenvalue weighted by atomic mass is 9.98. The molecule has 1 amide bonds. The van der Waals surface area contributed by atoms with E-state index in [1.807, 2.05) is 7.05 Å². The zero-order chi connectivity index (χ0) is 16.4. The molecule has 0 atom stereocenters. The molecule has 0 unspecified atom stereocenters. The molecule has 3 heterocycles. The van der Waals surface area contributed by atoms with Gasteiger partial charge >= 0.3 is 6.09 Å². The maximum Gasteiger partial charge on any atom is 0.407 e. The summed E-state index contributed by atoms with van der Waals surface area (Å²) >= 11 is 7.44. The Balaban J connectivity index is 1.78. The van der Waals surface area contributed by atoms with Crippen molar-refractivity contribution in [2.45, 2.75) is 18.8 Å². The highest BCUT2D eigenvalue weighted by Crippen LogP contribution is 2.36. The van der Waals surface area contributed by atoms with Gasteiger partial charge in [0.1, 0.15) is 10.2 Å². The first-order valence-corrected chi connectivity index (χ1v) is 8.43. The average molecular weight is 354 g/mol. The monoisotopic (exact) mass is 353 g/mol. The van der Waals surface area contributed by atoms with Crippen molar-refractivity contribution in [2.75, 3.05) is 25.5 Å². The Morgan fingerprint density at radius 2 is 2.17 bits per heavy atom. The fourth-order valence-corrected chi connectivity index (χ4v) is 3.83. The lowest BCUT2D eigenvalue weighted by Crippen LogP contribution is -2.36. The second-order valence-corrected chi connectivity index (χ2v) is 6.69. The van der Waals surface area contributed by atoms with Crippen LogP contribution in [-0.4, -0.2) is 51.4 Å². The smallest absolute Gasteiger partial charge is 0.407 e. The minimum Gasteiger partial charge on any atom is -0.465 e. The number of amides is 1. The number of hydrogen-bond donors (Lipinski definition) is 2. The van der Waals surface area contributed by atoms with Crippen LogP contribution in [0.3, 0.4) is 0 Å². The van der Waals surface area contributed by atoms with Crippen LogP contribution in [0.4, 0.5) is 10.5 Å². The molecule has 1 aliphatic rings. The van der Waals surface area contributed by atoms with Gasteiger partial charge in [0.15, 0.2) is 5.01 Å². The van der Waals surface area contributed by atoms with Crippen LogP contribution in [0.2, 0.25) is 5.15 Å². The number of likely N-dealkylation sites (tertiary alicyclic amines) is 1. The Labute approximate surface area is 142 Å². The number of nitrogens with zero attached hydrogens (tertiary/aromatic N) is 4. The van der Waals surface area contributed by atoms with Crippen LogP contribution >= 0.6 is 22.9 Å². The number of halogens is 1. The molecule has 1 aliphatic heterocycles. The molecule has 0 bridgehead atoms. The number of rotatable bonds is 3. The van der Waals surface area contributed by atoms with Gasteiger partial charge in [0.25, 0.3) is 0 Å². The van der Waals surface area contributed by atoms with E-state index < -0.39 is 6.09 Å². The van der Waals surface area contributed by atoms with E-state index >= 15 is 0 Å². The maximum absolute atomic E-state index is 11.0. The van der Waals surface area contributed by atoms with Gasteiger partial charge in [-0.15, -0.1) is 10.2 Å². The summed E-state index contributed by atoms with van der Waals surface area (Å²) in [7, 11) is 1.82. The Hall–Kier alpha value is -1.93. The van der Waals surface area contributed by atoms with Crippen LogP contribution in [0.25, 0.3) is 10.6 Å². The standard InChI is InChI=1S/C14H16ClN5O2S/c1-16-10-6-11(15)17-7-9(10)13-19-18-12(23-13)8-2-4-20(5-3-8)14(21)22/h6-8H,2-5H2,1H3,(H,16,17)(H,21,22). The average Bonchev–Trinajstić information content (AvgIpc) is 3.04. The van der Waals surface area contributed by atoms with E-state index in [4.69, 9.17) is 16.7 Å². The molecule has 2 aromatic heterocycles. The molecule has 0 radical (unpaired) electrons.